The van der Waals surface area contributed by atoms with Gasteiger partial charge in [0.1, 0.15) is 11.5 Å². The first-order valence-electron chi connectivity index (χ1n) is 6.12. The van der Waals surface area contributed by atoms with Crippen LogP contribution in [0.15, 0.2) is 54.6 Å². The molecular weight excluding hydrogens is 226 g/mol. The quantitative estimate of drug-likeness (QED) is 0.892. The van der Waals surface area contributed by atoms with Crippen LogP contribution in [0.2, 0.25) is 0 Å². The van der Waals surface area contributed by atoms with Gasteiger partial charge in [-0.25, -0.2) is 0 Å². The van der Waals surface area contributed by atoms with E-state index in [1.807, 2.05) is 42.5 Å². The Morgan fingerprint density at radius 3 is 2.61 bits per heavy atom. The number of benzene rings is 2. The van der Waals surface area contributed by atoms with Crippen molar-refractivity contribution in [2.45, 2.75) is 12.5 Å². The second-order valence-corrected chi connectivity index (χ2v) is 4.30. The minimum Gasteiger partial charge on any atom is -0.457 e. The van der Waals surface area contributed by atoms with Crippen molar-refractivity contribution in [1.82, 2.24) is 5.48 Å². The third-order valence-corrected chi connectivity index (χ3v) is 2.97. The van der Waals surface area contributed by atoms with E-state index >= 15 is 0 Å². The van der Waals surface area contributed by atoms with Gasteiger partial charge in [-0.1, -0.05) is 30.3 Å². The van der Waals surface area contributed by atoms with E-state index in [1.54, 1.807) is 0 Å². The molecule has 0 unspecified atom stereocenters. The van der Waals surface area contributed by atoms with Crippen molar-refractivity contribution in [3.05, 3.63) is 60.2 Å². The van der Waals surface area contributed by atoms with Crippen LogP contribution in [0.3, 0.4) is 0 Å². The molecule has 1 aliphatic rings. The molecule has 0 aliphatic carbocycles. The van der Waals surface area contributed by atoms with Crippen LogP contribution in [-0.2, 0) is 4.84 Å². The number of hydrogen-bond acceptors (Lipinski definition) is 3. The van der Waals surface area contributed by atoms with Gasteiger partial charge in [0.05, 0.1) is 12.6 Å². The zero-order valence-electron chi connectivity index (χ0n) is 10.0. The molecule has 1 fully saturated rings. The van der Waals surface area contributed by atoms with E-state index in [-0.39, 0.29) is 6.04 Å². The summed E-state index contributed by atoms with van der Waals surface area (Å²) in [6, 6.07) is 18.2. The molecule has 3 rings (SSSR count). The highest BCUT2D eigenvalue weighted by molar-refractivity contribution is 5.35. The lowest BCUT2D eigenvalue weighted by atomic mass is 10.1. The molecule has 0 radical (unpaired) electrons. The van der Waals surface area contributed by atoms with Crippen LogP contribution in [0.4, 0.5) is 0 Å². The molecule has 0 amide bonds. The highest BCUT2D eigenvalue weighted by Crippen LogP contribution is 2.27. The lowest BCUT2D eigenvalue weighted by Crippen LogP contribution is -2.11. The van der Waals surface area contributed by atoms with Crippen molar-refractivity contribution in [3.63, 3.8) is 0 Å². The summed E-state index contributed by atoms with van der Waals surface area (Å²) in [6.07, 6.45) is 0.995. The molecule has 1 N–H and O–H groups in total. The number of hydroxylamine groups is 1. The molecule has 1 saturated heterocycles. The minimum absolute atomic E-state index is 0.268. The van der Waals surface area contributed by atoms with Crippen molar-refractivity contribution >= 4 is 0 Å². The van der Waals surface area contributed by atoms with Gasteiger partial charge >= 0.3 is 0 Å². The van der Waals surface area contributed by atoms with Gasteiger partial charge in [0.25, 0.3) is 0 Å². The Bertz CT molecular complexity index is 507. The van der Waals surface area contributed by atoms with Crippen molar-refractivity contribution in [2.75, 3.05) is 6.61 Å². The Balaban J connectivity index is 1.78. The molecule has 2 aromatic carbocycles. The van der Waals surface area contributed by atoms with Crippen LogP contribution in [0.25, 0.3) is 0 Å². The van der Waals surface area contributed by atoms with Crippen molar-refractivity contribution in [2.24, 2.45) is 0 Å². The zero-order chi connectivity index (χ0) is 12.2. The van der Waals surface area contributed by atoms with Gasteiger partial charge in [-0.05, 0) is 36.2 Å². The van der Waals surface area contributed by atoms with Gasteiger partial charge in [0.2, 0.25) is 0 Å². The molecule has 1 aliphatic heterocycles. The van der Waals surface area contributed by atoms with E-state index < -0.39 is 0 Å². The third kappa shape index (κ3) is 2.53. The van der Waals surface area contributed by atoms with Crippen LogP contribution in [-0.4, -0.2) is 6.61 Å². The molecule has 0 spiro atoms. The van der Waals surface area contributed by atoms with E-state index in [0.717, 1.165) is 24.5 Å². The van der Waals surface area contributed by atoms with Crippen molar-refractivity contribution < 1.29 is 9.57 Å². The highest BCUT2D eigenvalue weighted by Gasteiger charge is 2.17. The average molecular weight is 241 g/mol. The fourth-order valence-electron chi connectivity index (χ4n) is 2.05. The monoisotopic (exact) mass is 241 g/mol. The van der Waals surface area contributed by atoms with Crippen LogP contribution < -0.4 is 10.2 Å². The second-order valence-electron chi connectivity index (χ2n) is 4.30. The standard InChI is InChI=1S/C15H15NO2/c1-2-6-13(7-3-1)18-14-8-4-5-12(11-14)15-9-10-17-16-15/h1-8,11,15-16H,9-10H2/t15-/m0/s1. The Morgan fingerprint density at radius 1 is 1.00 bits per heavy atom. The first kappa shape index (κ1) is 11.3. The molecule has 0 aromatic heterocycles. The van der Waals surface area contributed by atoms with E-state index in [1.165, 1.54) is 5.56 Å². The van der Waals surface area contributed by atoms with E-state index in [4.69, 9.17) is 9.57 Å². The van der Waals surface area contributed by atoms with Crippen LogP contribution in [0.5, 0.6) is 11.5 Å². The summed E-state index contributed by atoms with van der Waals surface area (Å²) in [7, 11) is 0. The van der Waals surface area contributed by atoms with Gasteiger partial charge in [0.15, 0.2) is 0 Å². The number of para-hydroxylation sites is 1. The van der Waals surface area contributed by atoms with Crippen molar-refractivity contribution in [3.8, 4) is 11.5 Å². The molecule has 1 heterocycles. The summed E-state index contributed by atoms with van der Waals surface area (Å²) in [5.41, 5.74) is 4.20. The van der Waals surface area contributed by atoms with Gasteiger partial charge < -0.3 is 9.57 Å². The van der Waals surface area contributed by atoms with E-state index in [9.17, 15) is 0 Å². The van der Waals surface area contributed by atoms with Gasteiger partial charge in [-0.3, -0.25) is 0 Å². The van der Waals surface area contributed by atoms with Gasteiger partial charge in [0, 0.05) is 0 Å². The highest BCUT2D eigenvalue weighted by atomic mass is 16.7. The molecule has 2 aromatic rings. The number of ether oxygens (including phenoxy) is 1. The molecule has 3 heteroatoms. The molecule has 92 valence electrons. The van der Waals surface area contributed by atoms with Gasteiger partial charge in [-0.15, -0.1) is 0 Å². The molecule has 0 saturated carbocycles. The van der Waals surface area contributed by atoms with Crippen LogP contribution in [0, 0.1) is 0 Å². The number of rotatable bonds is 3. The van der Waals surface area contributed by atoms with Crippen LogP contribution in [0.1, 0.15) is 18.0 Å². The summed E-state index contributed by atoms with van der Waals surface area (Å²) in [4.78, 5) is 5.18. The predicted octanol–water partition coefficient (Wildman–Crippen LogP) is 3.44. The maximum absolute atomic E-state index is 5.81. The summed E-state index contributed by atoms with van der Waals surface area (Å²) in [5, 5.41) is 0. The topological polar surface area (TPSA) is 30.5 Å². The third-order valence-electron chi connectivity index (χ3n) is 2.97. The zero-order valence-corrected chi connectivity index (χ0v) is 10.0. The van der Waals surface area contributed by atoms with Crippen molar-refractivity contribution in [1.29, 1.82) is 0 Å². The number of nitrogens with one attached hydrogen (secondary N) is 1. The molecule has 18 heavy (non-hydrogen) atoms. The van der Waals surface area contributed by atoms with E-state index in [2.05, 4.69) is 17.6 Å². The lowest BCUT2D eigenvalue weighted by molar-refractivity contribution is 0.0882. The van der Waals surface area contributed by atoms with Crippen LogP contribution >= 0.6 is 0 Å². The summed E-state index contributed by atoms with van der Waals surface area (Å²) in [6.45, 7) is 0.758. The second kappa shape index (κ2) is 5.21. The molecule has 3 nitrogen and oxygen atoms in total. The molecule has 0 bridgehead atoms. The summed E-state index contributed by atoms with van der Waals surface area (Å²) in [5.74, 6) is 1.71. The maximum atomic E-state index is 5.81. The fraction of sp³-hybridized carbons (Fsp3) is 0.200. The first-order valence-corrected chi connectivity index (χ1v) is 6.12. The number of hydrogen-bond donors (Lipinski definition) is 1. The predicted molar refractivity (Wildman–Crippen MR) is 69.4 cm³/mol. The van der Waals surface area contributed by atoms with E-state index in [0.29, 0.717) is 0 Å². The average Bonchev–Trinajstić information content (AvgIpc) is 2.94. The largest absolute Gasteiger partial charge is 0.457 e. The minimum atomic E-state index is 0.268. The first-order chi connectivity index (χ1) is 8.92. The summed E-state index contributed by atoms with van der Waals surface area (Å²) < 4.78 is 5.81. The Labute approximate surface area is 106 Å². The Kier molecular flexibility index (Phi) is 3.26. The smallest absolute Gasteiger partial charge is 0.127 e. The Morgan fingerprint density at radius 2 is 1.83 bits per heavy atom. The molecule has 1 atom stereocenters. The maximum Gasteiger partial charge on any atom is 0.127 e. The molecular formula is C15H15NO2. The fourth-order valence-corrected chi connectivity index (χ4v) is 2.05. The Hall–Kier alpha value is -1.84. The van der Waals surface area contributed by atoms with Gasteiger partial charge in [-0.2, -0.15) is 5.48 Å². The summed E-state index contributed by atoms with van der Waals surface area (Å²) >= 11 is 0. The lowest BCUT2D eigenvalue weighted by Gasteiger charge is -2.11. The normalized spacial score (nSPS) is 18.8. The SMILES string of the molecule is c1ccc(Oc2cccc([C@@H]3CCON3)c2)cc1.